The lowest BCUT2D eigenvalue weighted by atomic mass is 10.0. The maximum Gasteiger partial charge on any atom is 0.251 e. The topological polar surface area (TPSA) is 50.8 Å². The summed E-state index contributed by atoms with van der Waals surface area (Å²) < 4.78 is 11.3. The molecule has 2 saturated heterocycles. The Morgan fingerprint density at radius 2 is 2.05 bits per heavy atom. The third kappa shape index (κ3) is 4.67. The summed E-state index contributed by atoms with van der Waals surface area (Å²) in [6.07, 6.45) is 6.92. The van der Waals surface area contributed by atoms with E-state index in [1.165, 1.54) is 19.4 Å². The molecule has 2 aliphatic heterocycles. The average molecular weight is 310 g/mol. The number of piperidine rings is 1. The Bertz CT molecular complexity index is 359. The molecule has 1 aliphatic carbocycles. The van der Waals surface area contributed by atoms with E-state index in [0.29, 0.717) is 12.6 Å². The van der Waals surface area contributed by atoms with E-state index >= 15 is 0 Å². The van der Waals surface area contributed by atoms with Gasteiger partial charge in [0.1, 0.15) is 6.10 Å². The fraction of sp³-hybridized carbons (Fsp3) is 0.941. The van der Waals surface area contributed by atoms with Crippen LogP contribution < -0.4 is 5.32 Å². The van der Waals surface area contributed by atoms with Gasteiger partial charge in [-0.2, -0.15) is 0 Å². The number of carbonyl (C=O) groups excluding carboxylic acids is 1. The molecule has 0 aromatic rings. The first-order chi connectivity index (χ1) is 10.7. The standard InChI is InChI=1S/C17H30N2O3/c1-13(22-12-16-3-2-10-21-16)17(20)19-8-6-15(7-9-19)18-11-14-4-5-14/h13-16,18H,2-12H2,1H3. The molecule has 2 atom stereocenters. The molecule has 1 saturated carbocycles. The van der Waals surface area contributed by atoms with Gasteiger partial charge in [0.05, 0.1) is 12.7 Å². The van der Waals surface area contributed by atoms with Gasteiger partial charge in [-0.15, -0.1) is 0 Å². The van der Waals surface area contributed by atoms with E-state index < -0.39 is 0 Å². The zero-order valence-corrected chi connectivity index (χ0v) is 13.8. The van der Waals surface area contributed by atoms with E-state index in [9.17, 15) is 4.79 Å². The molecule has 1 N–H and O–H groups in total. The number of amides is 1. The molecule has 22 heavy (non-hydrogen) atoms. The maximum atomic E-state index is 12.4. The van der Waals surface area contributed by atoms with Gasteiger partial charge in [-0.3, -0.25) is 4.79 Å². The minimum Gasteiger partial charge on any atom is -0.376 e. The van der Waals surface area contributed by atoms with Gasteiger partial charge in [-0.05, 0) is 57.9 Å². The second kappa shape index (κ2) is 7.75. The summed E-state index contributed by atoms with van der Waals surface area (Å²) in [4.78, 5) is 14.4. The number of nitrogens with zero attached hydrogens (tertiary/aromatic N) is 1. The summed E-state index contributed by atoms with van der Waals surface area (Å²) in [5.74, 6) is 1.06. The lowest BCUT2D eigenvalue weighted by Crippen LogP contribution is -2.48. The Morgan fingerprint density at radius 1 is 1.27 bits per heavy atom. The number of hydrogen-bond acceptors (Lipinski definition) is 4. The SMILES string of the molecule is CC(OCC1CCCO1)C(=O)N1CCC(NCC2CC2)CC1. The molecule has 1 amide bonds. The molecule has 0 radical (unpaired) electrons. The van der Waals surface area contributed by atoms with E-state index in [-0.39, 0.29) is 18.1 Å². The highest BCUT2D eigenvalue weighted by Crippen LogP contribution is 2.28. The van der Waals surface area contributed by atoms with E-state index in [2.05, 4.69) is 5.32 Å². The second-order valence-corrected chi connectivity index (χ2v) is 7.06. The minimum atomic E-state index is -0.347. The van der Waals surface area contributed by atoms with Gasteiger partial charge in [0.25, 0.3) is 5.91 Å². The first-order valence-electron chi connectivity index (χ1n) is 8.97. The van der Waals surface area contributed by atoms with Crippen molar-refractivity contribution in [3.8, 4) is 0 Å². The van der Waals surface area contributed by atoms with Crippen LogP contribution in [-0.4, -0.2) is 61.9 Å². The van der Waals surface area contributed by atoms with Crippen molar-refractivity contribution in [2.75, 3.05) is 32.8 Å². The molecule has 126 valence electrons. The third-order valence-corrected chi connectivity index (χ3v) is 5.10. The highest BCUT2D eigenvalue weighted by Gasteiger charge is 2.28. The number of nitrogens with one attached hydrogen (secondary N) is 1. The van der Waals surface area contributed by atoms with Crippen molar-refractivity contribution < 1.29 is 14.3 Å². The minimum absolute atomic E-state index is 0.138. The molecule has 0 aromatic heterocycles. The van der Waals surface area contributed by atoms with Crippen LogP contribution in [0.25, 0.3) is 0 Å². The lowest BCUT2D eigenvalue weighted by molar-refractivity contribution is -0.145. The number of ether oxygens (including phenoxy) is 2. The number of carbonyl (C=O) groups is 1. The molecule has 5 heteroatoms. The lowest BCUT2D eigenvalue weighted by Gasteiger charge is -2.34. The van der Waals surface area contributed by atoms with Gasteiger partial charge in [0.2, 0.25) is 0 Å². The summed E-state index contributed by atoms with van der Waals surface area (Å²) in [7, 11) is 0. The van der Waals surface area contributed by atoms with Crippen molar-refractivity contribution in [1.82, 2.24) is 10.2 Å². The Morgan fingerprint density at radius 3 is 2.68 bits per heavy atom. The highest BCUT2D eigenvalue weighted by atomic mass is 16.5. The van der Waals surface area contributed by atoms with Crippen LogP contribution >= 0.6 is 0 Å². The van der Waals surface area contributed by atoms with Gasteiger partial charge in [0.15, 0.2) is 0 Å². The van der Waals surface area contributed by atoms with Crippen LogP contribution in [0.2, 0.25) is 0 Å². The molecule has 2 unspecified atom stereocenters. The van der Waals surface area contributed by atoms with E-state index in [1.807, 2.05) is 11.8 Å². The average Bonchev–Trinajstić information content (AvgIpc) is 3.24. The summed E-state index contributed by atoms with van der Waals surface area (Å²) in [6, 6.07) is 0.591. The monoisotopic (exact) mass is 310 g/mol. The smallest absolute Gasteiger partial charge is 0.251 e. The van der Waals surface area contributed by atoms with Crippen molar-refractivity contribution in [1.29, 1.82) is 0 Å². The van der Waals surface area contributed by atoms with Crippen molar-refractivity contribution in [3.05, 3.63) is 0 Å². The Hall–Kier alpha value is -0.650. The van der Waals surface area contributed by atoms with Crippen LogP contribution in [-0.2, 0) is 14.3 Å². The van der Waals surface area contributed by atoms with Gasteiger partial charge >= 0.3 is 0 Å². The normalized spacial score (nSPS) is 28.0. The predicted octanol–water partition coefficient (Wildman–Crippen LogP) is 1.56. The quantitative estimate of drug-likeness (QED) is 0.775. The van der Waals surface area contributed by atoms with Gasteiger partial charge in [0, 0.05) is 25.7 Å². The largest absolute Gasteiger partial charge is 0.376 e. The molecule has 2 heterocycles. The predicted molar refractivity (Wildman–Crippen MR) is 84.7 cm³/mol. The fourth-order valence-electron chi connectivity index (χ4n) is 3.32. The Balaban J connectivity index is 1.33. The Labute approximate surface area is 133 Å². The Kier molecular flexibility index (Phi) is 5.71. The molecule has 0 aromatic carbocycles. The summed E-state index contributed by atoms with van der Waals surface area (Å²) in [5, 5.41) is 3.65. The first-order valence-corrected chi connectivity index (χ1v) is 8.97. The zero-order valence-electron chi connectivity index (χ0n) is 13.8. The molecule has 5 nitrogen and oxygen atoms in total. The molecular formula is C17H30N2O3. The van der Waals surface area contributed by atoms with Crippen molar-refractivity contribution in [3.63, 3.8) is 0 Å². The van der Waals surface area contributed by atoms with Crippen LogP contribution in [0.4, 0.5) is 0 Å². The number of hydrogen-bond donors (Lipinski definition) is 1. The number of likely N-dealkylation sites (tertiary alicyclic amines) is 1. The zero-order chi connectivity index (χ0) is 15.4. The van der Waals surface area contributed by atoms with E-state index in [1.54, 1.807) is 0 Å². The van der Waals surface area contributed by atoms with Crippen molar-refractivity contribution in [2.24, 2.45) is 5.92 Å². The van der Waals surface area contributed by atoms with Gasteiger partial charge < -0.3 is 19.7 Å². The fourth-order valence-corrected chi connectivity index (χ4v) is 3.32. The first kappa shape index (κ1) is 16.2. The van der Waals surface area contributed by atoms with Crippen molar-refractivity contribution in [2.45, 2.75) is 63.7 Å². The highest BCUT2D eigenvalue weighted by molar-refractivity contribution is 5.80. The summed E-state index contributed by atoms with van der Waals surface area (Å²) in [5.41, 5.74) is 0. The van der Waals surface area contributed by atoms with Crippen LogP contribution in [0.15, 0.2) is 0 Å². The maximum absolute atomic E-state index is 12.4. The van der Waals surface area contributed by atoms with Crippen LogP contribution in [0.1, 0.15) is 45.4 Å². The molecular weight excluding hydrogens is 280 g/mol. The van der Waals surface area contributed by atoms with Crippen molar-refractivity contribution >= 4 is 5.91 Å². The number of rotatable bonds is 7. The van der Waals surface area contributed by atoms with E-state index in [0.717, 1.165) is 51.3 Å². The molecule has 3 rings (SSSR count). The molecule has 3 fully saturated rings. The molecule has 3 aliphatic rings. The van der Waals surface area contributed by atoms with Crippen LogP contribution in [0, 0.1) is 5.92 Å². The van der Waals surface area contributed by atoms with Crippen LogP contribution in [0.5, 0.6) is 0 Å². The van der Waals surface area contributed by atoms with Crippen LogP contribution in [0.3, 0.4) is 0 Å². The van der Waals surface area contributed by atoms with Gasteiger partial charge in [-0.1, -0.05) is 0 Å². The second-order valence-electron chi connectivity index (χ2n) is 7.06. The molecule has 0 spiro atoms. The van der Waals surface area contributed by atoms with E-state index in [4.69, 9.17) is 9.47 Å². The third-order valence-electron chi connectivity index (χ3n) is 5.10. The molecule has 0 bridgehead atoms. The summed E-state index contributed by atoms with van der Waals surface area (Å²) in [6.45, 7) is 6.13. The van der Waals surface area contributed by atoms with Gasteiger partial charge in [-0.25, -0.2) is 0 Å². The summed E-state index contributed by atoms with van der Waals surface area (Å²) >= 11 is 0.